The highest BCUT2D eigenvalue weighted by Crippen LogP contribution is 2.30. The van der Waals surface area contributed by atoms with Gasteiger partial charge in [-0.25, -0.2) is 9.97 Å². The van der Waals surface area contributed by atoms with Gasteiger partial charge in [0.15, 0.2) is 11.3 Å². The van der Waals surface area contributed by atoms with Crippen LogP contribution in [0.5, 0.6) is 5.88 Å². The van der Waals surface area contributed by atoms with E-state index < -0.39 is 0 Å². The van der Waals surface area contributed by atoms with Crippen LogP contribution in [0.2, 0.25) is 0 Å². The van der Waals surface area contributed by atoms with Gasteiger partial charge in [0.25, 0.3) is 5.56 Å². The number of H-pyrrole nitrogens is 1. The zero-order valence-electron chi connectivity index (χ0n) is 18.6. The van der Waals surface area contributed by atoms with E-state index in [2.05, 4.69) is 15.1 Å². The molecule has 10 heteroatoms. The van der Waals surface area contributed by atoms with E-state index in [9.17, 15) is 14.4 Å². The van der Waals surface area contributed by atoms with Crippen molar-refractivity contribution in [3.05, 3.63) is 33.9 Å². The minimum absolute atomic E-state index is 0.0112. The average Bonchev–Trinajstić information content (AvgIpc) is 3.09. The Balaban J connectivity index is 1.83. The molecule has 3 aromatic heterocycles. The van der Waals surface area contributed by atoms with E-state index in [1.165, 1.54) is 20.0 Å². The number of ketones is 1. The number of pyridine rings is 1. The van der Waals surface area contributed by atoms with Gasteiger partial charge in [-0.1, -0.05) is 13.8 Å². The zero-order valence-corrected chi connectivity index (χ0v) is 18.6. The molecule has 168 valence electrons. The van der Waals surface area contributed by atoms with E-state index in [1.807, 2.05) is 18.5 Å². The molecule has 1 fully saturated rings. The molecule has 3 aromatic rings. The molecule has 0 aliphatic carbocycles. The second-order valence-electron chi connectivity index (χ2n) is 7.92. The molecule has 0 bridgehead atoms. The third-order valence-electron chi connectivity index (χ3n) is 5.60. The number of aromatic amines is 1. The average molecular weight is 438 g/mol. The van der Waals surface area contributed by atoms with Gasteiger partial charge in [-0.3, -0.25) is 19.1 Å². The van der Waals surface area contributed by atoms with Crippen LogP contribution in [0.1, 0.15) is 56.2 Å². The predicted molar refractivity (Wildman–Crippen MR) is 118 cm³/mol. The van der Waals surface area contributed by atoms with Crippen molar-refractivity contribution in [1.82, 2.24) is 29.6 Å². The molecular weight excluding hydrogens is 412 g/mol. The SMILES string of the molecule is CCCOc1ncc(C(C)=O)cc1-c1nc2c(CC)n(C3CN(C(C)=O)C3)nc2c(=O)[nH]1. The smallest absolute Gasteiger partial charge is 0.279 e. The largest absolute Gasteiger partial charge is 0.477 e. The summed E-state index contributed by atoms with van der Waals surface area (Å²) in [6.07, 6.45) is 2.86. The molecule has 1 aliphatic rings. The van der Waals surface area contributed by atoms with Gasteiger partial charge < -0.3 is 14.6 Å². The van der Waals surface area contributed by atoms with Gasteiger partial charge in [0, 0.05) is 31.8 Å². The van der Waals surface area contributed by atoms with Crippen LogP contribution in [-0.2, 0) is 11.2 Å². The molecule has 0 radical (unpaired) electrons. The van der Waals surface area contributed by atoms with Crippen molar-refractivity contribution in [3.63, 3.8) is 0 Å². The predicted octanol–water partition coefficient (Wildman–Crippen LogP) is 2.14. The Labute approximate surface area is 184 Å². The van der Waals surface area contributed by atoms with Crippen molar-refractivity contribution in [3.8, 4) is 17.3 Å². The number of aryl methyl sites for hydroxylation is 1. The minimum Gasteiger partial charge on any atom is -0.477 e. The number of carbonyl (C=O) groups is 2. The van der Waals surface area contributed by atoms with E-state index in [1.54, 1.807) is 11.0 Å². The van der Waals surface area contributed by atoms with E-state index in [0.29, 0.717) is 48.6 Å². The number of nitrogens with one attached hydrogen (secondary N) is 1. The summed E-state index contributed by atoms with van der Waals surface area (Å²) in [5, 5.41) is 4.52. The number of likely N-dealkylation sites (tertiary alicyclic amines) is 1. The van der Waals surface area contributed by atoms with E-state index in [-0.39, 0.29) is 34.6 Å². The van der Waals surface area contributed by atoms with Crippen molar-refractivity contribution in [2.45, 2.75) is 46.6 Å². The van der Waals surface area contributed by atoms with Gasteiger partial charge in [-0.05, 0) is 25.8 Å². The molecule has 32 heavy (non-hydrogen) atoms. The summed E-state index contributed by atoms with van der Waals surface area (Å²) in [6.45, 7) is 8.50. The van der Waals surface area contributed by atoms with Gasteiger partial charge >= 0.3 is 0 Å². The molecule has 0 atom stereocenters. The highest BCUT2D eigenvalue weighted by molar-refractivity contribution is 5.95. The second-order valence-corrected chi connectivity index (χ2v) is 7.92. The summed E-state index contributed by atoms with van der Waals surface area (Å²) in [5.41, 5.74) is 2.05. The van der Waals surface area contributed by atoms with Crippen LogP contribution in [0.25, 0.3) is 22.4 Å². The number of ether oxygens (including phenoxy) is 1. The van der Waals surface area contributed by atoms with Crippen LogP contribution >= 0.6 is 0 Å². The summed E-state index contributed by atoms with van der Waals surface area (Å²) >= 11 is 0. The molecule has 4 rings (SSSR count). The third-order valence-corrected chi connectivity index (χ3v) is 5.60. The first-order valence-corrected chi connectivity index (χ1v) is 10.7. The molecule has 10 nitrogen and oxygen atoms in total. The van der Waals surface area contributed by atoms with Crippen molar-refractivity contribution in [2.24, 2.45) is 0 Å². The number of hydrogen-bond donors (Lipinski definition) is 1. The van der Waals surface area contributed by atoms with E-state index in [0.717, 1.165) is 12.1 Å². The summed E-state index contributed by atoms with van der Waals surface area (Å²) in [4.78, 5) is 49.9. The van der Waals surface area contributed by atoms with Gasteiger partial charge in [-0.15, -0.1) is 0 Å². The second kappa shape index (κ2) is 8.52. The van der Waals surface area contributed by atoms with Gasteiger partial charge in [-0.2, -0.15) is 5.10 Å². The van der Waals surface area contributed by atoms with Gasteiger partial charge in [0.1, 0.15) is 11.3 Å². The molecule has 4 heterocycles. The number of rotatable bonds is 7. The van der Waals surface area contributed by atoms with Crippen molar-refractivity contribution in [2.75, 3.05) is 19.7 Å². The van der Waals surface area contributed by atoms with E-state index in [4.69, 9.17) is 9.72 Å². The Bertz CT molecular complexity index is 1260. The number of carbonyl (C=O) groups excluding carboxylic acids is 2. The lowest BCUT2D eigenvalue weighted by Crippen LogP contribution is -2.50. The summed E-state index contributed by atoms with van der Waals surface area (Å²) in [6, 6.07) is 1.65. The van der Waals surface area contributed by atoms with Crippen molar-refractivity contribution < 1.29 is 14.3 Å². The normalized spacial score (nSPS) is 13.9. The lowest BCUT2D eigenvalue weighted by molar-refractivity contribution is -0.134. The Morgan fingerprint density at radius 3 is 2.59 bits per heavy atom. The molecule has 0 saturated carbocycles. The molecule has 0 spiro atoms. The topological polar surface area (TPSA) is 123 Å². The zero-order chi connectivity index (χ0) is 23.0. The molecule has 0 aromatic carbocycles. The first-order valence-electron chi connectivity index (χ1n) is 10.7. The molecule has 0 unspecified atom stereocenters. The quantitative estimate of drug-likeness (QED) is 0.561. The fourth-order valence-electron chi connectivity index (χ4n) is 3.79. The monoisotopic (exact) mass is 438 g/mol. The maximum atomic E-state index is 12.9. The Morgan fingerprint density at radius 1 is 1.22 bits per heavy atom. The van der Waals surface area contributed by atoms with Gasteiger partial charge in [0.05, 0.1) is 23.9 Å². The fraction of sp³-hybridized carbons (Fsp3) is 0.455. The number of fused-ring (bicyclic) bond motifs is 1. The molecule has 1 N–H and O–H groups in total. The van der Waals surface area contributed by atoms with Crippen LogP contribution in [0, 0.1) is 0 Å². The number of nitrogens with zero attached hydrogens (tertiary/aromatic N) is 5. The molecule has 1 saturated heterocycles. The molecular formula is C22H26N6O4. The van der Waals surface area contributed by atoms with Crippen molar-refractivity contribution in [1.29, 1.82) is 0 Å². The number of hydrogen-bond acceptors (Lipinski definition) is 7. The lowest BCUT2D eigenvalue weighted by Gasteiger charge is -2.39. The Kier molecular flexibility index (Phi) is 5.77. The summed E-state index contributed by atoms with van der Waals surface area (Å²) in [5.74, 6) is 0.455. The van der Waals surface area contributed by atoms with E-state index >= 15 is 0 Å². The van der Waals surface area contributed by atoms with Crippen LogP contribution in [-0.4, -0.2) is 61.0 Å². The summed E-state index contributed by atoms with van der Waals surface area (Å²) in [7, 11) is 0. The number of aromatic nitrogens is 5. The standard InChI is InChI=1S/C22H26N6O4/c1-5-7-32-22-16(8-14(9-23-22)12(3)29)20-24-18-17(6-2)28(26-19(18)21(31)25-20)15-10-27(11-15)13(4)30/h8-9,15H,5-7,10-11H2,1-4H3,(H,24,25,31). The first-order chi connectivity index (χ1) is 15.3. The van der Waals surface area contributed by atoms with Crippen LogP contribution < -0.4 is 10.3 Å². The maximum absolute atomic E-state index is 12.9. The fourth-order valence-corrected chi connectivity index (χ4v) is 3.79. The van der Waals surface area contributed by atoms with Crippen LogP contribution in [0.3, 0.4) is 0 Å². The number of amides is 1. The summed E-state index contributed by atoms with van der Waals surface area (Å²) < 4.78 is 7.56. The third kappa shape index (κ3) is 3.76. The maximum Gasteiger partial charge on any atom is 0.279 e. The molecule has 1 aliphatic heterocycles. The Hall–Kier alpha value is -3.56. The van der Waals surface area contributed by atoms with Crippen LogP contribution in [0.4, 0.5) is 0 Å². The highest BCUT2D eigenvalue weighted by atomic mass is 16.5. The van der Waals surface area contributed by atoms with Crippen LogP contribution in [0.15, 0.2) is 17.1 Å². The lowest BCUT2D eigenvalue weighted by atomic mass is 10.1. The minimum atomic E-state index is -0.379. The molecule has 1 amide bonds. The van der Waals surface area contributed by atoms with Crippen molar-refractivity contribution >= 4 is 22.7 Å². The van der Waals surface area contributed by atoms with Gasteiger partial charge in [0.2, 0.25) is 11.8 Å². The highest BCUT2D eigenvalue weighted by Gasteiger charge is 2.33. The Morgan fingerprint density at radius 2 is 1.97 bits per heavy atom. The number of Topliss-reactive ketones (excluding diaryl/α,β-unsaturated/α-hetero) is 1. The first kappa shape index (κ1) is 21.7.